The number of aromatic nitrogens is 2. The van der Waals surface area contributed by atoms with E-state index in [0.717, 1.165) is 54.0 Å². The van der Waals surface area contributed by atoms with Crippen LogP contribution in [0.3, 0.4) is 0 Å². The van der Waals surface area contributed by atoms with Crippen LogP contribution in [0.25, 0.3) is 5.69 Å². The molecule has 0 unspecified atom stereocenters. The first-order valence-electron chi connectivity index (χ1n) is 10.1. The quantitative estimate of drug-likeness (QED) is 0.575. The van der Waals surface area contributed by atoms with Gasteiger partial charge in [0.05, 0.1) is 18.5 Å². The summed E-state index contributed by atoms with van der Waals surface area (Å²) in [7, 11) is 1.58. The van der Waals surface area contributed by atoms with Crippen molar-refractivity contribution in [2.24, 2.45) is 0 Å². The van der Waals surface area contributed by atoms with Crippen LogP contribution in [-0.2, 0) is 24.1 Å². The van der Waals surface area contributed by atoms with Gasteiger partial charge in [0, 0.05) is 5.56 Å². The van der Waals surface area contributed by atoms with Crippen molar-refractivity contribution in [3.63, 3.8) is 0 Å². The molecule has 1 heterocycles. The van der Waals surface area contributed by atoms with Gasteiger partial charge in [0.2, 0.25) is 0 Å². The van der Waals surface area contributed by atoms with Gasteiger partial charge in [-0.25, -0.2) is 4.68 Å². The number of carbonyl (C=O) groups is 1. The molecule has 6 heteroatoms. The van der Waals surface area contributed by atoms with E-state index in [-0.39, 0.29) is 12.5 Å². The molecule has 154 valence electrons. The first-order chi connectivity index (χ1) is 14.7. The molecular formula is C24H25N3O3. The van der Waals surface area contributed by atoms with Crippen LogP contribution < -0.4 is 14.8 Å². The molecule has 0 bridgehead atoms. The summed E-state index contributed by atoms with van der Waals surface area (Å²) < 4.78 is 13.0. The van der Waals surface area contributed by atoms with E-state index in [2.05, 4.69) is 11.9 Å². The largest absolute Gasteiger partial charge is 0.493 e. The summed E-state index contributed by atoms with van der Waals surface area (Å²) in [5, 5.41) is 7.73. The monoisotopic (exact) mass is 403 g/mol. The zero-order valence-corrected chi connectivity index (χ0v) is 17.1. The summed E-state index contributed by atoms with van der Waals surface area (Å²) in [5.41, 5.74) is 4.15. The molecule has 30 heavy (non-hydrogen) atoms. The molecule has 3 aromatic rings. The van der Waals surface area contributed by atoms with Crippen LogP contribution in [-0.4, -0.2) is 29.4 Å². The molecule has 0 radical (unpaired) electrons. The fourth-order valence-electron chi connectivity index (χ4n) is 3.71. The van der Waals surface area contributed by atoms with Crippen LogP contribution in [0.4, 0.5) is 5.82 Å². The fraction of sp³-hybridized carbons (Fsp3) is 0.250. The predicted octanol–water partition coefficient (Wildman–Crippen LogP) is 4.12. The molecule has 1 amide bonds. The van der Waals surface area contributed by atoms with Gasteiger partial charge in [0.1, 0.15) is 5.82 Å². The van der Waals surface area contributed by atoms with E-state index in [1.807, 2.05) is 59.3 Å². The Kier molecular flexibility index (Phi) is 5.84. The third kappa shape index (κ3) is 4.08. The summed E-state index contributed by atoms with van der Waals surface area (Å²) in [6.07, 6.45) is 5.48. The van der Waals surface area contributed by atoms with Crippen molar-refractivity contribution in [2.45, 2.75) is 25.7 Å². The molecule has 1 aliphatic rings. The van der Waals surface area contributed by atoms with Gasteiger partial charge in [0.25, 0.3) is 5.91 Å². The Morgan fingerprint density at radius 1 is 1.20 bits per heavy atom. The highest BCUT2D eigenvalue weighted by atomic mass is 16.5. The molecular weight excluding hydrogens is 378 g/mol. The minimum absolute atomic E-state index is 0.119. The van der Waals surface area contributed by atoms with Crippen LogP contribution in [0.5, 0.6) is 11.5 Å². The number of ether oxygens (including phenoxy) is 2. The lowest BCUT2D eigenvalue weighted by Gasteiger charge is -2.13. The number of benzene rings is 2. The highest BCUT2D eigenvalue weighted by Gasteiger charge is 2.24. The third-order valence-electron chi connectivity index (χ3n) is 5.13. The van der Waals surface area contributed by atoms with E-state index in [9.17, 15) is 4.79 Å². The molecule has 2 aromatic carbocycles. The van der Waals surface area contributed by atoms with E-state index in [1.54, 1.807) is 7.11 Å². The van der Waals surface area contributed by atoms with Crippen molar-refractivity contribution in [3.05, 3.63) is 78.0 Å². The second kappa shape index (κ2) is 8.86. The van der Waals surface area contributed by atoms with Crippen molar-refractivity contribution < 1.29 is 14.3 Å². The standard InChI is InChI=1S/C24H25N3O3/c1-3-8-17-13-14-21(22(15-17)29-2)30-16-23(28)25-24-19-11-7-12-20(19)26-27(24)18-9-5-4-6-10-18/h3-6,9-10,13-15H,1,7-8,11-12,16H2,2H3,(H,25,28). The lowest BCUT2D eigenvalue weighted by Crippen LogP contribution is -2.22. The van der Waals surface area contributed by atoms with Gasteiger partial charge < -0.3 is 14.8 Å². The molecule has 0 aliphatic heterocycles. The number of methoxy groups -OCH3 is 1. The molecule has 1 aromatic heterocycles. The maximum atomic E-state index is 12.7. The molecule has 1 aliphatic carbocycles. The van der Waals surface area contributed by atoms with Crippen LogP contribution in [0, 0.1) is 0 Å². The number of fused-ring (bicyclic) bond motifs is 1. The minimum Gasteiger partial charge on any atom is -0.493 e. The number of nitrogens with zero attached hydrogens (tertiary/aromatic N) is 2. The van der Waals surface area contributed by atoms with Crippen LogP contribution >= 0.6 is 0 Å². The van der Waals surface area contributed by atoms with E-state index in [4.69, 9.17) is 14.6 Å². The number of amides is 1. The Balaban J connectivity index is 1.50. The SMILES string of the molecule is C=CCc1ccc(OCC(=O)Nc2c3c(nn2-c2ccccc2)CCC3)c(OC)c1. The summed E-state index contributed by atoms with van der Waals surface area (Å²) in [6, 6.07) is 15.5. The van der Waals surface area contributed by atoms with Gasteiger partial charge in [-0.1, -0.05) is 30.3 Å². The minimum atomic E-state index is -0.237. The van der Waals surface area contributed by atoms with Crippen molar-refractivity contribution in [1.82, 2.24) is 9.78 Å². The van der Waals surface area contributed by atoms with E-state index >= 15 is 0 Å². The fourth-order valence-corrected chi connectivity index (χ4v) is 3.71. The second-order valence-electron chi connectivity index (χ2n) is 7.19. The predicted molar refractivity (Wildman–Crippen MR) is 117 cm³/mol. The molecule has 0 saturated carbocycles. The van der Waals surface area contributed by atoms with E-state index in [1.165, 1.54) is 0 Å². The Labute approximate surface area is 176 Å². The molecule has 4 rings (SSSR count). The number of rotatable bonds is 8. The lowest BCUT2D eigenvalue weighted by molar-refractivity contribution is -0.118. The molecule has 0 atom stereocenters. The summed E-state index contributed by atoms with van der Waals surface area (Å²) in [6.45, 7) is 3.63. The van der Waals surface area contributed by atoms with Gasteiger partial charge >= 0.3 is 0 Å². The smallest absolute Gasteiger partial charge is 0.263 e. The number of allylic oxidation sites excluding steroid dienone is 1. The zero-order valence-electron chi connectivity index (χ0n) is 17.1. The summed E-state index contributed by atoms with van der Waals surface area (Å²) >= 11 is 0. The number of aryl methyl sites for hydroxylation is 1. The first-order valence-corrected chi connectivity index (χ1v) is 10.1. The molecule has 0 spiro atoms. The van der Waals surface area contributed by atoms with Crippen LogP contribution in [0.15, 0.2) is 61.2 Å². The third-order valence-corrected chi connectivity index (χ3v) is 5.13. The maximum absolute atomic E-state index is 12.7. The Hall–Kier alpha value is -3.54. The van der Waals surface area contributed by atoms with Gasteiger partial charge in [-0.05, 0) is 55.5 Å². The average Bonchev–Trinajstić information content (AvgIpc) is 3.36. The highest BCUT2D eigenvalue weighted by Crippen LogP contribution is 2.31. The zero-order chi connectivity index (χ0) is 20.9. The normalized spacial score (nSPS) is 12.3. The molecule has 0 saturated heterocycles. The molecule has 0 fully saturated rings. The van der Waals surface area contributed by atoms with Crippen molar-refractivity contribution >= 4 is 11.7 Å². The molecule has 6 nitrogen and oxygen atoms in total. The molecule has 1 N–H and O–H groups in total. The lowest BCUT2D eigenvalue weighted by atomic mass is 10.1. The highest BCUT2D eigenvalue weighted by molar-refractivity contribution is 5.92. The Morgan fingerprint density at radius 3 is 2.80 bits per heavy atom. The second-order valence-corrected chi connectivity index (χ2v) is 7.19. The van der Waals surface area contributed by atoms with Crippen LogP contribution in [0.2, 0.25) is 0 Å². The van der Waals surface area contributed by atoms with E-state index in [0.29, 0.717) is 11.5 Å². The average molecular weight is 403 g/mol. The summed E-state index contributed by atoms with van der Waals surface area (Å²) in [4.78, 5) is 12.7. The number of hydrogen-bond donors (Lipinski definition) is 1. The number of carbonyl (C=O) groups excluding carboxylic acids is 1. The first kappa shape index (κ1) is 19.8. The van der Waals surface area contributed by atoms with Gasteiger partial charge in [0.15, 0.2) is 18.1 Å². The Morgan fingerprint density at radius 2 is 2.03 bits per heavy atom. The number of nitrogens with one attached hydrogen (secondary N) is 1. The summed E-state index contributed by atoms with van der Waals surface area (Å²) in [5.74, 6) is 1.62. The number of hydrogen-bond acceptors (Lipinski definition) is 4. The maximum Gasteiger partial charge on any atom is 0.263 e. The van der Waals surface area contributed by atoms with Crippen molar-refractivity contribution in [3.8, 4) is 17.2 Å². The number of anilines is 1. The Bertz CT molecular complexity index is 1060. The topological polar surface area (TPSA) is 65.4 Å². The van der Waals surface area contributed by atoms with Crippen molar-refractivity contribution in [2.75, 3.05) is 19.0 Å². The van der Waals surface area contributed by atoms with Crippen LogP contribution in [0.1, 0.15) is 23.2 Å². The van der Waals surface area contributed by atoms with Crippen molar-refractivity contribution in [1.29, 1.82) is 0 Å². The van der Waals surface area contributed by atoms with Gasteiger partial charge in [-0.15, -0.1) is 6.58 Å². The number of para-hydroxylation sites is 1. The van der Waals surface area contributed by atoms with Gasteiger partial charge in [-0.3, -0.25) is 4.79 Å². The van der Waals surface area contributed by atoms with Gasteiger partial charge in [-0.2, -0.15) is 5.10 Å². The van der Waals surface area contributed by atoms with E-state index < -0.39 is 0 Å².